The van der Waals surface area contributed by atoms with Gasteiger partial charge in [-0.05, 0) is 143 Å². The molecule has 0 bridgehead atoms. The van der Waals surface area contributed by atoms with E-state index < -0.39 is 25.0 Å². The Kier molecular flexibility index (Phi) is 12.8. The summed E-state index contributed by atoms with van der Waals surface area (Å²) in [5.41, 5.74) is 4.16. The summed E-state index contributed by atoms with van der Waals surface area (Å²) in [5, 5.41) is 0.327. The quantitative estimate of drug-likeness (QED) is 0.176. The predicted octanol–water partition coefficient (Wildman–Crippen LogP) is 12.8. The summed E-state index contributed by atoms with van der Waals surface area (Å²) >= 11 is 0. The second-order valence-corrected chi connectivity index (χ2v) is 34.5. The van der Waals surface area contributed by atoms with E-state index in [-0.39, 0.29) is 27.9 Å². The summed E-state index contributed by atoms with van der Waals surface area (Å²) in [6.07, 6.45) is 14.4. The van der Waals surface area contributed by atoms with Crippen LogP contribution in [0.3, 0.4) is 0 Å². The number of allylic oxidation sites excluding steroid dienone is 3. The fourth-order valence-electron chi connectivity index (χ4n) is 8.34. The second kappa shape index (κ2) is 14.7. The normalized spacial score (nSPS) is 30.3. The van der Waals surface area contributed by atoms with E-state index in [0.29, 0.717) is 23.2 Å². The molecule has 3 saturated carbocycles. The number of hydrogen-bond donors (Lipinski definition) is 0. The average Bonchev–Trinajstić information content (AvgIpc) is 3.24. The fraction of sp³-hybridized carbons (Fsp3) is 0.810. The van der Waals surface area contributed by atoms with Gasteiger partial charge in [-0.15, -0.1) is 5.92 Å². The standard InChI is InChI=1S/C42H76O3Si3/c1-31(21-19-27-41(9,10)45-46(12,13)14)36-25-26-37-33(22-20-28-42(36,37)11)23-24-34-29-35(43-47(15,16)39(3,4)5)30-38(32(34)2)44-48(17,18)40(6,7)8/h23-24,31,35-38H,2,20-22,25-26,28-30H2,1,3-18H3/t31-,35+,36-,37+,38-,42-/m1/s1. The molecular weight excluding hydrogens is 637 g/mol. The summed E-state index contributed by atoms with van der Waals surface area (Å²) in [6, 6.07) is 0. The van der Waals surface area contributed by atoms with Crippen LogP contribution in [0.4, 0.5) is 0 Å². The van der Waals surface area contributed by atoms with Gasteiger partial charge in [0.1, 0.15) is 5.60 Å². The Balaban J connectivity index is 1.86. The molecule has 3 aliphatic carbocycles. The lowest BCUT2D eigenvalue weighted by molar-refractivity contribution is 0.0966. The van der Waals surface area contributed by atoms with Gasteiger partial charge >= 0.3 is 0 Å². The number of fused-ring (bicyclic) bond motifs is 1. The first-order valence-corrected chi connectivity index (χ1v) is 28.5. The minimum Gasteiger partial charge on any atom is -0.413 e. The van der Waals surface area contributed by atoms with Gasteiger partial charge in [0.15, 0.2) is 25.0 Å². The molecule has 0 amide bonds. The van der Waals surface area contributed by atoms with Gasteiger partial charge in [-0.25, -0.2) is 0 Å². The number of rotatable bonds is 9. The van der Waals surface area contributed by atoms with Crippen molar-refractivity contribution in [3.05, 3.63) is 35.5 Å². The highest BCUT2D eigenvalue weighted by atomic mass is 28.4. The Bertz CT molecular complexity index is 1270. The highest BCUT2D eigenvalue weighted by molar-refractivity contribution is 6.74. The van der Waals surface area contributed by atoms with Crippen molar-refractivity contribution >= 4 is 25.0 Å². The van der Waals surface area contributed by atoms with E-state index in [1.54, 1.807) is 5.57 Å². The molecule has 6 atom stereocenters. The first-order valence-electron chi connectivity index (χ1n) is 19.2. The van der Waals surface area contributed by atoms with Crippen LogP contribution in [-0.2, 0) is 13.3 Å². The Morgan fingerprint density at radius 3 is 2.04 bits per heavy atom. The van der Waals surface area contributed by atoms with Crippen LogP contribution in [0.15, 0.2) is 35.5 Å². The summed E-state index contributed by atoms with van der Waals surface area (Å²) in [7, 11) is -5.55. The Morgan fingerprint density at radius 2 is 1.48 bits per heavy atom. The molecule has 0 aromatic rings. The van der Waals surface area contributed by atoms with Crippen molar-refractivity contribution in [1.29, 1.82) is 0 Å². The molecular formula is C42H76O3Si3. The molecule has 0 aromatic carbocycles. The third-order valence-corrected chi connectivity index (χ3v) is 23.0. The van der Waals surface area contributed by atoms with E-state index in [0.717, 1.165) is 19.3 Å². The lowest BCUT2D eigenvalue weighted by Crippen LogP contribution is -2.49. The van der Waals surface area contributed by atoms with Gasteiger partial charge in [-0.1, -0.05) is 85.6 Å². The maximum Gasteiger partial charge on any atom is 0.192 e. The van der Waals surface area contributed by atoms with Crippen LogP contribution < -0.4 is 0 Å². The van der Waals surface area contributed by atoms with E-state index in [9.17, 15) is 0 Å². The summed E-state index contributed by atoms with van der Waals surface area (Å²) in [6.45, 7) is 44.3. The van der Waals surface area contributed by atoms with Crippen LogP contribution in [0, 0.1) is 35.0 Å². The van der Waals surface area contributed by atoms with Crippen molar-refractivity contribution in [2.75, 3.05) is 0 Å². The molecule has 0 N–H and O–H groups in total. The fourth-order valence-corrected chi connectivity index (χ4v) is 12.6. The topological polar surface area (TPSA) is 27.7 Å². The zero-order chi connectivity index (χ0) is 36.7. The molecule has 0 radical (unpaired) electrons. The van der Waals surface area contributed by atoms with Crippen molar-refractivity contribution in [3.63, 3.8) is 0 Å². The molecule has 48 heavy (non-hydrogen) atoms. The van der Waals surface area contributed by atoms with Crippen LogP contribution in [0.1, 0.15) is 121 Å². The van der Waals surface area contributed by atoms with Gasteiger partial charge in [0.25, 0.3) is 0 Å². The Morgan fingerprint density at radius 1 is 0.896 bits per heavy atom. The van der Waals surface area contributed by atoms with E-state index in [4.69, 9.17) is 19.9 Å². The molecule has 0 spiro atoms. The largest absolute Gasteiger partial charge is 0.413 e. The minimum atomic E-state index is -1.98. The molecule has 3 nitrogen and oxygen atoms in total. The first kappa shape index (κ1) is 41.7. The van der Waals surface area contributed by atoms with Crippen LogP contribution in [0.2, 0.25) is 55.9 Å². The van der Waals surface area contributed by atoms with Gasteiger partial charge in [0.05, 0.1) is 12.2 Å². The third kappa shape index (κ3) is 10.2. The molecule has 0 heterocycles. The maximum atomic E-state index is 7.11. The molecule has 0 unspecified atom stereocenters. The second-order valence-electron chi connectivity index (χ2n) is 20.6. The van der Waals surface area contributed by atoms with Crippen molar-refractivity contribution in [2.45, 2.75) is 194 Å². The highest BCUT2D eigenvalue weighted by Gasteiger charge is 2.51. The molecule has 3 aliphatic rings. The highest BCUT2D eigenvalue weighted by Crippen LogP contribution is 2.60. The van der Waals surface area contributed by atoms with Crippen LogP contribution >= 0.6 is 0 Å². The van der Waals surface area contributed by atoms with Gasteiger partial charge in [-0.3, -0.25) is 0 Å². The summed E-state index contributed by atoms with van der Waals surface area (Å²) in [5.74, 6) is 9.03. The zero-order valence-electron chi connectivity index (χ0n) is 34.6. The van der Waals surface area contributed by atoms with Crippen LogP contribution in [-0.4, -0.2) is 42.8 Å². The number of hydrogen-bond acceptors (Lipinski definition) is 3. The third-order valence-electron chi connectivity index (χ3n) is 12.8. The van der Waals surface area contributed by atoms with Crippen molar-refractivity contribution in [3.8, 4) is 11.8 Å². The van der Waals surface area contributed by atoms with E-state index in [1.165, 1.54) is 43.3 Å². The van der Waals surface area contributed by atoms with Gasteiger partial charge in [-0.2, -0.15) is 0 Å². The van der Waals surface area contributed by atoms with E-state index in [2.05, 4.69) is 139 Å². The molecule has 0 aromatic heterocycles. The monoisotopic (exact) mass is 713 g/mol. The Hall–Kier alpha value is -0.689. The lowest BCUT2D eigenvalue weighted by atomic mass is 9.61. The van der Waals surface area contributed by atoms with Crippen LogP contribution in [0.5, 0.6) is 0 Å². The minimum absolute atomic E-state index is 0.0228. The summed E-state index contributed by atoms with van der Waals surface area (Å²) < 4.78 is 20.6. The van der Waals surface area contributed by atoms with Gasteiger partial charge in [0.2, 0.25) is 0 Å². The van der Waals surface area contributed by atoms with Crippen LogP contribution in [0.25, 0.3) is 0 Å². The molecule has 274 valence electrons. The van der Waals surface area contributed by atoms with E-state index >= 15 is 0 Å². The zero-order valence-corrected chi connectivity index (χ0v) is 37.6. The SMILES string of the molecule is C=C1C(=CC=C2CCC[C@]3(C)[C@@H]([C@H](C)CC#CC(C)(C)O[Si](C)(C)C)CC[C@@H]23)C[C@H](O[Si](C)(C)C(C)(C)C)C[C@H]1O[Si](C)(C)C(C)(C)C. The van der Waals surface area contributed by atoms with E-state index in [1.807, 2.05) is 0 Å². The maximum absolute atomic E-state index is 7.11. The van der Waals surface area contributed by atoms with Crippen molar-refractivity contribution in [2.24, 2.45) is 23.2 Å². The lowest BCUT2D eigenvalue weighted by Gasteiger charge is -2.45. The molecule has 3 fully saturated rings. The first-order chi connectivity index (χ1) is 21.6. The molecule has 6 heteroatoms. The predicted molar refractivity (Wildman–Crippen MR) is 217 cm³/mol. The molecule has 0 saturated heterocycles. The van der Waals surface area contributed by atoms with Crippen molar-refractivity contribution in [1.82, 2.24) is 0 Å². The molecule has 0 aliphatic heterocycles. The van der Waals surface area contributed by atoms with Crippen molar-refractivity contribution < 1.29 is 13.3 Å². The van der Waals surface area contributed by atoms with Gasteiger partial charge < -0.3 is 13.3 Å². The molecule has 3 rings (SSSR count). The average molecular weight is 713 g/mol. The van der Waals surface area contributed by atoms with Gasteiger partial charge in [0, 0.05) is 12.8 Å². The Labute approximate surface area is 301 Å². The smallest absolute Gasteiger partial charge is 0.192 e. The summed E-state index contributed by atoms with van der Waals surface area (Å²) in [4.78, 5) is 0.